The van der Waals surface area contributed by atoms with Gasteiger partial charge in [-0.2, -0.15) is 0 Å². The molecule has 0 unspecified atom stereocenters. The van der Waals surface area contributed by atoms with E-state index < -0.39 is 29.6 Å². The average molecular weight is 205 g/mol. The van der Waals surface area contributed by atoms with E-state index in [1.54, 1.807) is 0 Å². The van der Waals surface area contributed by atoms with Gasteiger partial charge in [-0.3, -0.25) is 0 Å². The molecule has 0 spiro atoms. The minimum atomic E-state index is -1.34. The molecule has 0 aliphatic rings. The molecule has 2 nitrogen and oxygen atoms in total. The fraction of sp³-hybridized carbons (Fsp3) is 0.333. The summed E-state index contributed by atoms with van der Waals surface area (Å²) < 4.78 is 38.2. The van der Waals surface area contributed by atoms with Crippen molar-refractivity contribution in [2.75, 3.05) is 0 Å². The fourth-order valence-corrected chi connectivity index (χ4v) is 1.05. The smallest absolute Gasteiger partial charge is 0.161 e. The summed E-state index contributed by atoms with van der Waals surface area (Å²) >= 11 is 0. The van der Waals surface area contributed by atoms with Crippen molar-refractivity contribution in [3.8, 4) is 0 Å². The Labute approximate surface area is 79.2 Å². The minimum Gasteiger partial charge on any atom is -0.387 e. The highest BCUT2D eigenvalue weighted by molar-refractivity contribution is 5.23. The van der Waals surface area contributed by atoms with E-state index in [-0.39, 0.29) is 5.56 Å². The Bertz CT molecular complexity index is 341. The fourth-order valence-electron chi connectivity index (χ4n) is 1.05. The molecule has 0 saturated heterocycles. The SMILES string of the molecule is C[C@H](N)[C@H](O)c1cc(F)c(F)cc1F. The van der Waals surface area contributed by atoms with Gasteiger partial charge in [0.05, 0.1) is 6.10 Å². The lowest BCUT2D eigenvalue weighted by molar-refractivity contribution is 0.148. The van der Waals surface area contributed by atoms with Gasteiger partial charge in [0.2, 0.25) is 0 Å². The van der Waals surface area contributed by atoms with E-state index in [1.165, 1.54) is 6.92 Å². The van der Waals surface area contributed by atoms with Gasteiger partial charge in [-0.25, -0.2) is 13.2 Å². The summed E-state index contributed by atoms with van der Waals surface area (Å²) in [4.78, 5) is 0. The van der Waals surface area contributed by atoms with Gasteiger partial charge in [0.25, 0.3) is 0 Å². The number of aliphatic hydroxyl groups is 1. The lowest BCUT2D eigenvalue weighted by Gasteiger charge is -2.15. The minimum absolute atomic E-state index is 0.334. The maximum absolute atomic E-state index is 13.0. The van der Waals surface area contributed by atoms with Crippen molar-refractivity contribution in [2.24, 2.45) is 5.73 Å². The molecule has 3 N–H and O–H groups in total. The molecule has 0 saturated carbocycles. The van der Waals surface area contributed by atoms with Crippen LogP contribution in [0.4, 0.5) is 13.2 Å². The van der Waals surface area contributed by atoms with Crippen LogP contribution in [0.15, 0.2) is 12.1 Å². The highest BCUT2D eigenvalue weighted by atomic mass is 19.2. The maximum Gasteiger partial charge on any atom is 0.161 e. The van der Waals surface area contributed by atoms with Gasteiger partial charge < -0.3 is 10.8 Å². The number of aliphatic hydroxyl groups excluding tert-OH is 1. The predicted octanol–water partition coefficient (Wildman–Crippen LogP) is 1.48. The van der Waals surface area contributed by atoms with E-state index >= 15 is 0 Å². The Morgan fingerprint density at radius 1 is 1.14 bits per heavy atom. The van der Waals surface area contributed by atoms with Crippen molar-refractivity contribution in [3.63, 3.8) is 0 Å². The topological polar surface area (TPSA) is 46.2 Å². The van der Waals surface area contributed by atoms with E-state index in [0.29, 0.717) is 12.1 Å². The van der Waals surface area contributed by atoms with Gasteiger partial charge in [-0.1, -0.05) is 0 Å². The average Bonchev–Trinajstić information content (AvgIpc) is 2.10. The van der Waals surface area contributed by atoms with E-state index in [1.807, 2.05) is 0 Å². The van der Waals surface area contributed by atoms with Crippen LogP contribution in [0.1, 0.15) is 18.6 Å². The second-order valence-corrected chi connectivity index (χ2v) is 3.09. The zero-order valence-corrected chi connectivity index (χ0v) is 7.47. The number of benzene rings is 1. The third-order valence-corrected chi connectivity index (χ3v) is 1.86. The Balaban J connectivity index is 3.15. The van der Waals surface area contributed by atoms with Gasteiger partial charge in [0.15, 0.2) is 11.6 Å². The molecule has 0 aromatic heterocycles. The van der Waals surface area contributed by atoms with Crippen molar-refractivity contribution in [1.29, 1.82) is 0 Å². The zero-order chi connectivity index (χ0) is 10.9. The molecule has 0 aliphatic carbocycles. The summed E-state index contributed by atoms with van der Waals surface area (Å²) in [7, 11) is 0. The number of nitrogens with two attached hydrogens (primary N) is 1. The first-order chi connectivity index (χ1) is 6.43. The van der Waals surface area contributed by atoms with Crippen molar-refractivity contribution in [2.45, 2.75) is 19.1 Å². The molecule has 78 valence electrons. The number of hydrogen-bond donors (Lipinski definition) is 2. The largest absolute Gasteiger partial charge is 0.387 e. The monoisotopic (exact) mass is 205 g/mol. The predicted molar refractivity (Wildman–Crippen MR) is 44.9 cm³/mol. The van der Waals surface area contributed by atoms with Crippen LogP contribution in [-0.2, 0) is 0 Å². The van der Waals surface area contributed by atoms with Gasteiger partial charge in [-0.05, 0) is 13.0 Å². The van der Waals surface area contributed by atoms with E-state index in [4.69, 9.17) is 5.73 Å². The van der Waals surface area contributed by atoms with Crippen LogP contribution in [-0.4, -0.2) is 11.1 Å². The quantitative estimate of drug-likeness (QED) is 0.718. The van der Waals surface area contributed by atoms with Crippen LogP contribution in [0.5, 0.6) is 0 Å². The molecule has 2 atom stereocenters. The number of rotatable bonds is 2. The maximum atomic E-state index is 13.0. The molecule has 1 aromatic carbocycles. The van der Waals surface area contributed by atoms with E-state index in [2.05, 4.69) is 0 Å². The molecular weight excluding hydrogens is 195 g/mol. The molecule has 0 bridgehead atoms. The zero-order valence-electron chi connectivity index (χ0n) is 7.47. The molecule has 0 amide bonds. The highest BCUT2D eigenvalue weighted by Gasteiger charge is 2.19. The lowest BCUT2D eigenvalue weighted by atomic mass is 10.0. The Morgan fingerprint density at radius 2 is 1.64 bits per heavy atom. The Morgan fingerprint density at radius 3 is 2.14 bits per heavy atom. The molecule has 0 fully saturated rings. The van der Waals surface area contributed by atoms with Gasteiger partial charge in [-0.15, -0.1) is 0 Å². The molecule has 14 heavy (non-hydrogen) atoms. The first kappa shape index (κ1) is 11.0. The third kappa shape index (κ3) is 2.05. The summed E-state index contributed by atoms with van der Waals surface area (Å²) in [5.74, 6) is -3.50. The van der Waals surface area contributed by atoms with Crippen molar-refractivity contribution in [3.05, 3.63) is 35.1 Å². The van der Waals surface area contributed by atoms with E-state index in [0.717, 1.165) is 0 Å². The second-order valence-electron chi connectivity index (χ2n) is 3.09. The molecule has 1 rings (SSSR count). The molecule has 5 heteroatoms. The summed E-state index contributed by atoms with van der Waals surface area (Å²) in [6, 6.07) is 0.240. The molecule has 0 heterocycles. The van der Waals surface area contributed by atoms with Crippen LogP contribution in [0.3, 0.4) is 0 Å². The first-order valence-corrected chi connectivity index (χ1v) is 4.01. The summed E-state index contributed by atoms with van der Waals surface area (Å²) in [6.45, 7) is 1.44. The number of halogens is 3. The second kappa shape index (κ2) is 3.98. The van der Waals surface area contributed by atoms with Crippen LogP contribution in [0, 0.1) is 17.5 Å². The highest BCUT2D eigenvalue weighted by Crippen LogP contribution is 2.21. The summed E-state index contributed by atoms with van der Waals surface area (Å²) in [6.07, 6.45) is -1.34. The van der Waals surface area contributed by atoms with Crippen molar-refractivity contribution >= 4 is 0 Å². The van der Waals surface area contributed by atoms with Crippen LogP contribution in [0.2, 0.25) is 0 Å². The lowest BCUT2D eigenvalue weighted by Crippen LogP contribution is -2.25. The summed E-state index contributed by atoms with van der Waals surface area (Å²) in [5, 5.41) is 9.34. The van der Waals surface area contributed by atoms with Gasteiger partial charge in [0, 0.05) is 17.7 Å². The van der Waals surface area contributed by atoms with Crippen LogP contribution < -0.4 is 5.73 Å². The third-order valence-electron chi connectivity index (χ3n) is 1.86. The summed E-state index contributed by atoms with van der Waals surface area (Å²) in [5.41, 5.74) is 4.96. The normalized spacial score (nSPS) is 15.3. The van der Waals surface area contributed by atoms with Crippen LogP contribution >= 0.6 is 0 Å². The molecule has 0 aliphatic heterocycles. The molecule has 1 aromatic rings. The Kier molecular flexibility index (Phi) is 3.13. The first-order valence-electron chi connectivity index (χ1n) is 4.01. The number of hydrogen-bond acceptors (Lipinski definition) is 2. The standard InChI is InChI=1S/C9H10F3NO/c1-4(13)9(14)5-2-7(11)8(12)3-6(5)10/h2-4,9,14H,13H2,1H3/t4-,9-/m0/s1. The van der Waals surface area contributed by atoms with Gasteiger partial charge >= 0.3 is 0 Å². The van der Waals surface area contributed by atoms with E-state index in [9.17, 15) is 18.3 Å². The van der Waals surface area contributed by atoms with Crippen LogP contribution in [0.25, 0.3) is 0 Å². The molecule has 0 radical (unpaired) electrons. The van der Waals surface area contributed by atoms with Crippen molar-refractivity contribution in [1.82, 2.24) is 0 Å². The Hall–Kier alpha value is -1.07. The van der Waals surface area contributed by atoms with Gasteiger partial charge in [0.1, 0.15) is 5.82 Å². The van der Waals surface area contributed by atoms with Crippen molar-refractivity contribution < 1.29 is 18.3 Å². The molecular formula is C9H10F3NO.